The van der Waals surface area contributed by atoms with Crippen LogP contribution in [-0.4, -0.2) is 73.2 Å². The fraction of sp³-hybridized carbons (Fsp3) is 0.720. The number of methoxy groups -OCH3 is 1. The third-order valence-electron chi connectivity index (χ3n) is 5.69. The molecule has 33 heavy (non-hydrogen) atoms. The van der Waals surface area contributed by atoms with Gasteiger partial charge < -0.3 is 23.7 Å². The van der Waals surface area contributed by atoms with Crippen LogP contribution in [0, 0.1) is 0 Å². The van der Waals surface area contributed by atoms with E-state index in [1.807, 2.05) is 76.9 Å². The van der Waals surface area contributed by atoms with Crippen LogP contribution in [0.2, 0.25) is 0 Å². The zero-order valence-electron chi connectivity index (χ0n) is 20.9. The predicted octanol–water partition coefficient (Wildman–Crippen LogP) is 3.47. The zero-order valence-corrected chi connectivity index (χ0v) is 20.9. The van der Waals surface area contributed by atoms with Crippen molar-refractivity contribution in [1.29, 1.82) is 0 Å². The van der Waals surface area contributed by atoms with Gasteiger partial charge in [-0.05, 0) is 47.1 Å². The van der Waals surface area contributed by atoms with E-state index in [1.54, 1.807) is 0 Å². The maximum atomic E-state index is 12.4. The lowest BCUT2D eigenvalue weighted by Crippen LogP contribution is -2.54. The molecule has 0 aromatic heterocycles. The van der Waals surface area contributed by atoms with Crippen LogP contribution in [0.15, 0.2) is 30.3 Å². The number of ether oxygens (including phenoxy) is 5. The molecule has 2 fully saturated rings. The Kier molecular flexibility index (Phi) is 8.89. The second-order valence-electron chi connectivity index (χ2n) is 9.65. The lowest BCUT2D eigenvalue weighted by molar-refractivity contribution is -0.229. The first kappa shape index (κ1) is 26.1. The van der Waals surface area contributed by atoms with Crippen molar-refractivity contribution in [3.05, 3.63) is 35.9 Å². The molecule has 0 amide bonds. The van der Waals surface area contributed by atoms with Crippen LogP contribution in [-0.2, 0) is 39.9 Å². The number of benzene rings is 1. The van der Waals surface area contributed by atoms with E-state index in [0.29, 0.717) is 19.6 Å². The summed E-state index contributed by atoms with van der Waals surface area (Å²) in [5.41, 5.74) is 1.07. The highest BCUT2D eigenvalue weighted by atomic mass is 16.8. The van der Waals surface area contributed by atoms with Crippen LogP contribution in [0.3, 0.4) is 0 Å². The molecule has 0 N–H and O–H groups in total. The third kappa shape index (κ3) is 6.97. The van der Waals surface area contributed by atoms with Crippen LogP contribution in [0.4, 0.5) is 0 Å². The summed E-state index contributed by atoms with van der Waals surface area (Å²) in [7, 11) is 1.37. The molecule has 1 aromatic rings. The van der Waals surface area contributed by atoms with Gasteiger partial charge in [0.2, 0.25) is 0 Å². The summed E-state index contributed by atoms with van der Waals surface area (Å²) in [4.78, 5) is 18.5. The van der Waals surface area contributed by atoms with Crippen molar-refractivity contribution in [3.63, 3.8) is 0 Å². The Morgan fingerprint density at radius 2 is 1.73 bits per heavy atom. The number of carbonyl (C=O) groups is 1. The van der Waals surface area contributed by atoms with Crippen LogP contribution >= 0.6 is 0 Å². The molecule has 0 saturated carbocycles. The standard InChI is InChI=1S/C25H39NO7/c1-16(2)30-22(23(31-17(3)4)21-15-29-25(5,6)32-21)19-13-20(24(27)28-7)33-26(19)14-18-11-9-8-10-12-18/h8-12,16-17,19-23H,13-15H2,1-7H3/t19-,20+,21+,22-,23-/m0/s1. The van der Waals surface area contributed by atoms with Gasteiger partial charge in [0.25, 0.3) is 0 Å². The molecule has 3 rings (SSSR count). The Labute approximate surface area is 197 Å². The lowest BCUT2D eigenvalue weighted by atomic mass is 9.95. The predicted molar refractivity (Wildman–Crippen MR) is 122 cm³/mol. The molecule has 1 aromatic carbocycles. The SMILES string of the molecule is COC(=O)[C@H]1C[C@@H]([C@H](OC(C)C)[C@@H](OC(C)C)[C@H]2COC(C)(C)O2)N(Cc2ccccc2)O1. The molecule has 2 saturated heterocycles. The van der Waals surface area contributed by atoms with E-state index in [9.17, 15) is 4.79 Å². The molecular weight excluding hydrogens is 426 g/mol. The summed E-state index contributed by atoms with van der Waals surface area (Å²) in [6.45, 7) is 12.6. The van der Waals surface area contributed by atoms with Crippen molar-refractivity contribution >= 4 is 5.97 Å². The topological polar surface area (TPSA) is 75.7 Å². The highest BCUT2D eigenvalue weighted by Crippen LogP contribution is 2.35. The van der Waals surface area contributed by atoms with E-state index in [0.717, 1.165) is 5.56 Å². The first-order valence-corrected chi connectivity index (χ1v) is 11.8. The maximum absolute atomic E-state index is 12.4. The molecule has 0 aliphatic carbocycles. The van der Waals surface area contributed by atoms with Crippen LogP contribution in [0.5, 0.6) is 0 Å². The van der Waals surface area contributed by atoms with Gasteiger partial charge in [-0.3, -0.25) is 4.84 Å². The average molecular weight is 466 g/mol. The molecule has 2 aliphatic rings. The lowest BCUT2D eigenvalue weighted by Gasteiger charge is -2.39. The molecular formula is C25H39NO7. The summed E-state index contributed by atoms with van der Waals surface area (Å²) < 4.78 is 29.9. The molecule has 0 bridgehead atoms. The van der Waals surface area contributed by atoms with Gasteiger partial charge in [0.05, 0.1) is 32.0 Å². The minimum Gasteiger partial charge on any atom is -0.467 e. The normalized spacial score (nSPS) is 27.2. The molecule has 2 aliphatic heterocycles. The van der Waals surface area contributed by atoms with Gasteiger partial charge in [0.1, 0.15) is 18.3 Å². The quantitative estimate of drug-likeness (QED) is 0.486. The van der Waals surface area contributed by atoms with Gasteiger partial charge in [-0.15, -0.1) is 0 Å². The Morgan fingerprint density at radius 3 is 2.27 bits per heavy atom. The fourth-order valence-corrected chi connectivity index (χ4v) is 4.38. The molecule has 0 unspecified atom stereocenters. The Bertz CT molecular complexity index is 754. The molecule has 8 nitrogen and oxygen atoms in total. The number of nitrogens with zero attached hydrogens (tertiary/aromatic N) is 1. The molecule has 5 atom stereocenters. The van der Waals surface area contributed by atoms with Crippen LogP contribution in [0.1, 0.15) is 53.5 Å². The average Bonchev–Trinajstić information content (AvgIpc) is 3.33. The number of esters is 1. The third-order valence-corrected chi connectivity index (χ3v) is 5.69. The molecule has 0 spiro atoms. The highest BCUT2D eigenvalue weighted by molar-refractivity contribution is 5.74. The number of carbonyl (C=O) groups excluding carboxylic acids is 1. The number of hydrogen-bond donors (Lipinski definition) is 0. The molecule has 8 heteroatoms. The summed E-state index contributed by atoms with van der Waals surface area (Å²) in [5, 5.41) is 1.83. The van der Waals surface area contributed by atoms with Crippen molar-refractivity contribution in [2.75, 3.05) is 13.7 Å². The second kappa shape index (κ2) is 11.3. The van der Waals surface area contributed by atoms with Crippen molar-refractivity contribution in [2.45, 2.75) is 103 Å². The van der Waals surface area contributed by atoms with E-state index in [1.165, 1.54) is 7.11 Å². The van der Waals surface area contributed by atoms with E-state index in [4.69, 9.17) is 28.5 Å². The maximum Gasteiger partial charge on any atom is 0.337 e. The minimum atomic E-state index is -0.709. The van der Waals surface area contributed by atoms with E-state index >= 15 is 0 Å². The fourth-order valence-electron chi connectivity index (χ4n) is 4.38. The smallest absolute Gasteiger partial charge is 0.337 e. The van der Waals surface area contributed by atoms with Crippen molar-refractivity contribution in [1.82, 2.24) is 5.06 Å². The summed E-state index contributed by atoms with van der Waals surface area (Å²) in [5.74, 6) is -1.10. The second-order valence-corrected chi connectivity index (χ2v) is 9.65. The minimum absolute atomic E-state index is 0.0538. The van der Waals surface area contributed by atoms with Crippen molar-refractivity contribution in [2.24, 2.45) is 0 Å². The number of rotatable bonds is 10. The van der Waals surface area contributed by atoms with E-state index in [-0.39, 0.29) is 24.4 Å². The van der Waals surface area contributed by atoms with Gasteiger partial charge in [-0.2, -0.15) is 5.06 Å². The highest BCUT2D eigenvalue weighted by Gasteiger charge is 2.50. The molecule has 0 radical (unpaired) electrons. The van der Waals surface area contributed by atoms with Gasteiger partial charge in [-0.25, -0.2) is 4.79 Å². The Morgan fingerprint density at radius 1 is 1.09 bits per heavy atom. The molecule has 186 valence electrons. The van der Waals surface area contributed by atoms with Crippen LogP contribution in [0.25, 0.3) is 0 Å². The van der Waals surface area contributed by atoms with Gasteiger partial charge in [0.15, 0.2) is 11.9 Å². The first-order chi connectivity index (χ1) is 15.6. The van der Waals surface area contributed by atoms with E-state index in [2.05, 4.69) is 0 Å². The molecule has 2 heterocycles. The number of hydroxylamine groups is 2. The van der Waals surface area contributed by atoms with Gasteiger partial charge in [-0.1, -0.05) is 30.3 Å². The van der Waals surface area contributed by atoms with E-state index < -0.39 is 30.1 Å². The zero-order chi connectivity index (χ0) is 24.2. The first-order valence-electron chi connectivity index (χ1n) is 11.8. The van der Waals surface area contributed by atoms with Gasteiger partial charge in [0, 0.05) is 13.0 Å². The van der Waals surface area contributed by atoms with Crippen molar-refractivity contribution in [3.8, 4) is 0 Å². The monoisotopic (exact) mass is 465 g/mol. The van der Waals surface area contributed by atoms with Crippen LogP contribution < -0.4 is 0 Å². The van der Waals surface area contributed by atoms with Crippen molar-refractivity contribution < 1.29 is 33.3 Å². The summed E-state index contributed by atoms with van der Waals surface area (Å²) in [6, 6.07) is 9.74. The summed E-state index contributed by atoms with van der Waals surface area (Å²) in [6.07, 6.45) is -1.57. The van der Waals surface area contributed by atoms with Gasteiger partial charge >= 0.3 is 5.97 Å². The number of hydrogen-bond acceptors (Lipinski definition) is 8. The Balaban J connectivity index is 1.93. The largest absolute Gasteiger partial charge is 0.467 e. The summed E-state index contributed by atoms with van der Waals surface area (Å²) >= 11 is 0. The Hall–Kier alpha value is -1.55.